The largest absolute Gasteiger partial charge is 0.325 e. The van der Waals surface area contributed by atoms with Gasteiger partial charge in [-0.2, -0.15) is 0 Å². The number of hydrogen-bond acceptors (Lipinski definition) is 4. The van der Waals surface area contributed by atoms with Gasteiger partial charge in [-0.25, -0.2) is 4.98 Å². The normalized spacial score (nSPS) is 26.7. The van der Waals surface area contributed by atoms with Gasteiger partial charge in [-0.1, -0.05) is 12.8 Å². The summed E-state index contributed by atoms with van der Waals surface area (Å²) in [5.74, 6) is 0.785. The maximum Gasteiger partial charge on any atom is 0.241 e. The monoisotopic (exact) mass is 327 g/mol. The zero-order chi connectivity index (χ0) is 15.6. The predicted molar refractivity (Wildman–Crippen MR) is 93.5 cm³/mol. The van der Waals surface area contributed by atoms with Crippen molar-refractivity contribution in [2.45, 2.75) is 44.2 Å². The summed E-state index contributed by atoms with van der Waals surface area (Å²) in [7, 11) is 0. The molecule has 2 aliphatic rings. The highest BCUT2D eigenvalue weighted by Gasteiger charge is 2.38. The van der Waals surface area contributed by atoms with E-state index in [0.29, 0.717) is 12.0 Å². The van der Waals surface area contributed by atoms with Gasteiger partial charge in [0.05, 0.1) is 6.04 Å². The third-order valence-corrected chi connectivity index (χ3v) is 5.83. The first-order chi connectivity index (χ1) is 11.3. The zero-order valence-electron chi connectivity index (χ0n) is 13.0. The second-order valence-corrected chi connectivity index (χ2v) is 7.40. The summed E-state index contributed by atoms with van der Waals surface area (Å²) in [5.41, 5.74) is 1.94. The lowest BCUT2D eigenvalue weighted by Gasteiger charge is -2.24. The average molecular weight is 327 g/mol. The quantitative estimate of drug-likeness (QED) is 0.904. The smallest absolute Gasteiger partial charge is 0.241 e. The van der Waals surface area contributed by atoms with Crippen molar-refractivity contribution in [3.8, 4) is 10.6 Å². The van der Waals surface area contributed by atoms with Crippen LogP contribution in [0, 0.1) is 5.92 Å². The molecule has 3 atom stereocenters. The van der Waals surface area contributed by atoms with E-state index < -0.39 is 0 Å². The first-order valence-corrected chi connectivity index (χ1v) is 9.24. The van der Waals surface area contributed by atoms with Crippen molar-refractivity contribution in [3.63, 3.8) is 0 Å². The van der Waals surface area contributed by atoms with Crippen LogP contribution in [0.25, 0.3) is 10.6 Å². The molecule has 3 unspecified atom stereocenters. The Kier molecular flexibility index (Phi) is 4.14. The van der Waals surface area contributed by atoms with Gasteiger partial charge in [-0.3, -0.25) is 4.79 Å². The van der Waals surface area contributed by atoms with E-state index in [4.69, 9.17) is 0 Å². The van der Waals surface area contributed by atoms with Crippen LogP contribution in [0.1, 0.15) is 32.1 Å². The summed E-state index contributed by atoms with van der Waals surface area (Å²) in [6.45, 7) is 0. The number of nitrogens with one attached hydrogen (secondary N) is 2. The average Bonchev–Trinajstić information content (AvgIpc) is 3.25. The van der Waals surface area contributed by atoms with Gasteiger partial charge in [0.15, 0.2) is 0 Å². The third-order valence-electron chi connectivity index (χ3n) is 5.01. The molecule has 1 saturated carbocycles. The molecule has 0 bridgehead atoms. The van der Waals surface area contributed by atoms with Crippen molar-refractivity contribution in [1.29, 1.82) is 0 Å². The van der Waals surface area contributed by atoms with E-state index in [1.165, 1.54) is 25.7 Å². The van der Waals surface area contributed by atoms with Crippen LogP contribution in [0.2, 0.25) is 0 Å². The molecular formula is C18H21N3OS. The summed E-state index contributed by atoms with van der Waals surface area (Å²) in [5, 5.41) is 9.55. The van der Waals surface area contributed by atoms with E-state index in [1.807, 2.05) is 29.6 Å². The lowest BCUT2D eigenvalue weighted by atomic mass is 9.85. The minimum atomic E-state index is -0.0401. The second-order valence-electron chi connectivity index (χ2n) is 6.51. The van der Waals surface area contributed by atoms with Crippen molar-refractivity contribution in [1.82, 2.24) is 10.3 Å². The molecule has 1 aromatic heterocycles. The molecule has 23 heavy (non-hydrogen) atoms. The molecule has 2 heterocycles. The fourth-order valence-corrected chi connectivity index (χ4v) is 4.46. The van der Waals surface area contributed by atoms with Gasteiger partial charge in [0, 0.05) is 28.9 Å². The van der Waals surface area contributed by atoms with Crippen LogP contribution < -0.4 is 10.6 Å². The molecule has 4 nitrogen and oxygen atoms in total. The summed E-state index contributed by atoms with van der Waals surface area (Å²) in [6.07, 6.45) is 7.88. The number of hydrogen-bond donors (Lipinski definition) is 2. The summed E-state index contributed by atoms with van der Waals surface area (Å²) in [6, 6.07) is 8.44. The fraction of sp³-hybridized carbons (Fsp3) is 0.444. The molecule has 1 amide bonds. The molecule has 120 valence electrons. The third kappa shape index (κ3) is 3.16. The number of benzene rings is 1. The number of aromatic nitrogens is 1. The van der Waals surface area contributed by atoms with Crippen LogP contribution in [0.5, 0.6) is 0 Å². The van der Waals surface area contributed by atoms with E-state index in [2.05, 4.69) is 15.6 Å². The lowest BCUT2D eigenvalue weighted by Crippen LogP contribution is -2.39. The predicted octanol–water partition coefficient (Wildman–Crippen LogP) is 3.67. The molecule has 4 rings (SSSR count). The molecule has 1 aromatic carbocycles. The Hall–Kier alpha value is -1.72. The number of thiazole rings is 1. The molecule has 2 fully saturated rings. The van der Waals surface area contributed by atoms with E-state index in [9.17, 15) is 4.79 Å². The molecule has 2 N–H and O–H groups in total. The van der Waals surface area contributed by atoms with Crippen LogP contribution >= 0.6 is 11.3 Å². The van der Waals surface area contributed by atoms with Gasteiger partial charge in [-0.05, 0) is 49.4 Å². The van der Waals surface area contributed by atoms with Crippen LogP contribution in [0.4, 0.5) is 5.69 Å². The standard InChI is InChI=1S/C18H21N3OS/c22-17(16-11-13-3-1-2-4-15(13)21-16)20-14-7-5-12(6-8-14)18-19-9-10-23-18/h5-10,13,15-16,21H,1-4,11H2,(H,20,22). The molecule has 1 aliphatic heterocycles. The molecule has 2 aromatic rings. The Bertz CT molecular complexity index is 654. The maximum absolute atomic E-state index is 12.5. The number of rotatable bonds is 3. The number of anilines is 1. The highest BCUT2D eigenvalue weighted by atomic mass is 32.1. The van der Waals surface area contributed by atoms with Crippen LogP contribution in [0.15, 0.2) is 35.8 Å². The van der Waals surface area contributed by atoms with Crippen molar-refractivity contribution in [2.75, 3.05) is 5.32 Å². The van der Waals surface area contributed by atoms with Gasteiger partial charge >= 0.3 is 0 Å². The van der Waals surface area contributed by atoms with Gasteiger partial charge < -0.3 is 10.6 Å². The minimum absolute atomic E-state index is 0.0401. The number of carbonyl (C=O) groups is 1. The Morgan fingerprint density at radius 1 is 1.22 bits per heavy atom. The van der Waals surface area contributed by atoms with Gasteiger partial charge in [0.1, 0.15) is 5.01 Å². The first-order valence-electron chi connectivity index (χ1n) is 8.36. The minimum Gasteiger partial charge on any atom is -0.325 e. The Morgan fingerprint density at radius 2 is 2.04 bits per heavy atom. The lowest BCUT2D eigenvalue weighted by molar-refractivity contribution is -0.117. The van der Waals surface area contributed by atoms with Crippen LogP contribution in [-0.4, -0.2) is 23.0 Å². The fourth-order valence-electron chi connectivity index (χ4n) is 3.81. The van der Waals surface area contributed by atoms with Crippen molar-refractivity contribution >= 4 is 22.9 Å². The van der Waals surface area contributed by atoms with Crippen LogP contribution in [-0.2, 0) is 4.79 Å². The van der Waals surface area contributed by atoms with Gasteiger partial charge in [-0.15, -0.1) is 11.3 Å². The number of nitrogens with zero attached hydrogens (tertiary/aromatic N) is 1. The topological polar surface area (TPSA) is 54.0 Å². The molecule has 1 aliphatic carbocycles. The Balaban J connectivity index is 1.39. The summed E-state index contributed by atoms with van der Waals surface area (Å²) in [4.78, 5) is 16.8. The van der Waals surface area contributed by atoms with Crippen molar-refractivity contribution < 1.29 is 4.79 Å². The Morgan fingerprint density at radius 3 is 2.78 bits per heavy atom. The molecule has 5 heteroatoms. The Labute approximate surface area is 140 Å². The molecular weight excluding hydrogens is 306 g/mol. The van der Waals surface area contributed by atoms with Gasteiger partial charge in [0.25, 0.3) is 0 Å². The van der Waals surface area contributed by atoms with E-state index in [1.54, 1.807) is 17.5 Å². The van der Waals surface area contributed by atoms with Crippen molar-refractivity contribution in [3.05, 3.63) is 35.8 Å². The van der Waals surface area contributed by atoms with E-state index in [-0.39, 0.29) is 11.9 Å². The van der Waals surface area contributed by atoms with E-state index in [0.717, 1.165) is 22.7 Å². The van der Waals surface area contributed by atoms with Crippen molar-refractivity contribution in [2.24, 2.45) is 5.92 Å². The molecule has 1 saturated heterocycles. The number of carbonyl (C=O) groups excluding carboxylic acids is 1. The SMILES string of the molecule is O=C(Nc1ccc(-c2nccs2)cc1)C1CC2CCCCC2N1. The van der Waals surface area contributed by atoms with E-state index >= 15 is 0 Å². The summed E-state index contributed by atoms with van der Waals surface area (Å²) < 4.78 is 0. The highest BCUT2D eigenvalue weighted by molar-refractivity contribution is 7.13. The number of amides is 1. The van der Waals surface area contributed by atoms with Gasteiger partial charge in [0.2, 0.25) is 5.91 Å². The number of fused-ring (bicyclic) bond motifs is 1. The summed E-state index contributed by atoms with van der Waals surface area (Å²) >= 11 is 1.62. The first kappa shape index (κ1) is 14.8. The zero-order valence-corrected chi connectivity index (χ0v) is 13.8. The second kappa shape index (κ2) is 6.42. The molecule has 0 spiro atoms. The maximum atomic E-state index is 12.5. The highest BCUT2D eigenvalue weighted by Crippen LogP contribution is 2.33. The molecule has 0 radical (unpaired) electrons. The van der Waals surface area contributed by atoms with Crippen LogP contribution in [0.3, 0.4) is 0 Å².